The minimum Gasteiger partial charge on any atom is -0.464 e. The quantitative estimate of drug-likeness (QED) is 0.240. The van der Waals surface area contributed by atoms with Crippen LogP contribution in [0, 0.1) is 0 Å². The first-order valence-electron chi connectivity index (χ1n) is 13.4. The van der Waals surface area contributed by atoms with E-state index in [1.807, 2.05) is 12.1 Å². The molecule has 0 aromatic heterocycles. The van der Waals surface area contributed by atoms with Crippen molar-refractivity contribution < 1.29 is 38.2 Å². The van der Waals surface area contributed by atoms with Crippen molar-refractivity contribution in [3.63, 3.8) is 0 Å². The van der Waals surface area contributed by atoms with Crippen LogP contribution in [0.4, 0.5) is 4.79 Å². The molecule has 4 atom stereocenters. The molecule has 41 heavy (non-hydrogen) atoms. The maximum Gasteiger partial charge on any atom is 0.408 e. The lowest BCUT2D eigenvalue weighted by Gasteiger charge is -2.24. The molecule has 0 aliphatic carbocycles. The van der Waals surface area contributed by atoms with Crippen LogP contribution in [0.1, 0.15) is 45.7 Å². The molecule has 2 aromatic rings. The van der Waals surface area contributed by atoms with Crippen molar-refractivity contribution in [2.45, 2.75) is 77.4 Å². The molecule has 3 rings (SSSR count). The topological polar surface area (TPSA) is 140 Å². The SMILES string of the molecule is CCOC(=O)[C@H]1[C@H](C(=O)OCc2ccccc2)N1C(=O)[C@H](C)NC(=O)[C@H](Cc1ccccc1)NC(=O)OC(C)(C)C. The van der Waals surface area contributed by atoms with Gasteiger partial charge in [-0.25, -0.2) is 14.4 Å². The zero-order valence-corrected chi connectivity index (χ0v) is 23.9. The van der Waals surface area contributed by atoms with Crippen LogP contribution in [0.2, 0.25) is 0 Å². The zero-order valence-electron chi connectivity index (χ0n) is 23.9. The number of nitrogens with zero attached hydrogens (tertiary/aromatic N) is 1. The number of carbonyl (C=O) groups is 5. The first-order valence-corrected chi connectivity index (χ1v) is 13.4. The number of benzene rings is 2. The van der Waals surface area contributed by atoms with Crippen molar-refractivity contribution >= 4 is 29.8 Å². The summed E-state index contributed by atoms with van der Waals surface area (Å²) in [4.78, 5) is 65.5. The predicted octanol–water partition coefficient (Wildman–Crippen LogP) is 2.51. The van der Waals surface area contributed by atoms with Crippen molar-refractivity contribution in [3.8, 4) is 0 Å². The molecule has 1 aliphatic heterocycles. The number of hydrogen-bond donors (Lipinski definition) is 2. The van der Waals surface area contributed by atoms with E-state index in [9.17, 15) is 24.0 Å². The summed E-state index contributed by atoms with van der Waals surface area (Å²) >= 11 is 0. The van der Waals surface area contributed by atoms with Gasteiger partial charge in [-0.1, -0.05) is 60.7 Å². The van der Waals surface area contributed by atoms with Crippen LogP contribution >= 0.6 is 0 Å². The Balaban J connectivity index is 1.69. The highest BCUT2D eigenvalue weighted by molar-refractivity contribution is 6.03. The molecule has 2 aromatic carbocycles. The number of amides is 3. The molecule has 1 heterocycles. The highest BCUT2D eigenvalue weighted by Gasteiger charge is 2.62. The van der Waals surface area contributed by atoms with Crippen LogP contribution in [0.25, 0.3) is 0 Å². The standard InChI is InChI=1S/C30H37N3O8/c1-6-39-27(36)23-24(28(37)40-18-21-15-11-8-12-16-21)33(23)26(35)19(2)31-25(34)22(17-20-13-9-7-10-14-20)32-29(38)41-30(3,4)5/h7-16,19,22-24H,6,17-18H2,1-5H3,(H,31,34)(H,32,38)/t19-,22-,23+,24+,33?/m0/s1. The Morgan fingerprint density at radius 2 is 1.37 bits per heavy atom. The van der Waals surface area contributed by atoms with Gasteiger partial charge < -0.3 is 29.7 Å². The smallest absolute Gasteiger partial charge is 0.408 e. The Morgan fingerprint density at radius 1 is 0.829 bits per heavy atom. The van der Waals surface area contributed by atoms with Gasteiger partial charge in [0, 0.05) is 6.42 Å². The average molecular weight is 568 g/mol. The lowest BCUT2D eigenvalue weighted by atomic mass is 10.0. The summed E-state index contributed by atoms with van der Waals surface area (Å²) in [5, 5.41) is 5.16. The third-order valence-corrected chi connectivity index (χ3v) is 6.08. The van der Waals surface area contributed by atoms with Crippen molar-refractivity contribution in [2.24, 2.45) is 0 Å². The fourth-order valence-electron chi connectivity index (χ4n) is 4.14. The summed E-state index contributed by atoms with van der Waals surface area (Å²) in [5.41, 5.74) is 0.735. The molecule has 1 fully saturated rings. The number of alkyl carbamates (subject to hydrolysis) is 1. The summed E-state index contributed by atoms with van der Waals surface area (Å²) < 4.78 is 15.7. The van der Waals surface area contributed by atoms with Crippen LogP contribution in [0.3, 0.4) is 0 Å². The first-order chi connectivity index (χ1) is 19.4. The molecule has 0 bridgehead atoms. The van der Waals surface area contributed by atoms with Gasteiger partial charge in [0.2, 0.25) is 11.8 Å². The third-order valence-electron chi connectivity index (χ3n) is 6.08. The Morgan fingerprint density at radius 3 is 1.90 bits per heavy atom. The number of nitrogens with one attached hydrogen (secondary N) is 2. The summed E-state index contributed by atoms with van der Waals surface area (Å²) in [6.45, 7) is 8.17. The Labute approximate surface area is 239 Å². The maximum atomic E-state index is 13.3. The van der Waals surface area contributed by atoms with E-state index >= 15 is 0 Å². The second-order valence-corrected chi connectivity index (χ2v) is 10.6. The lowest BCUT2D eigenvalue weighted by Crippen LogP contribution is -2.53. The van der Waals surface area contributed by atoms with Gasteiger partial charge in [-0.05, 0) is 45.7 Å². The number of ether oxygens (including phenoxy) is 3. The van der Waals surface area contributed by atoms with Crippen LogP contribution in [0.15, 0.2) is 60.7 Å². The van der Waals surface area contributed by atoms with Crippen molar-refractivity contribution in [1.82, 2.24) is 15.5 Å². The molecular formula is C30H37N3O8. The minimum absolute atomic E-state index is 0.0302. The van der Waals surface area contributed by atoms with Gasteiger partial charge >= 0.3 is 18.0 Å². The summed E-state index contributed by atoms with van der Waals surface area (Å²) in [7, 11) is 0. The van der Waals surface area contributed by atoms with Crippen molar-refractivity contribution in [3.05, 3.63) is 71.8 Å². The molecule has 3 amide bonds. The van der Waals surface area contributed by atoms with E-state index in [1.54, 1.807) is 76.2 Å². The number of rotatable bonds is 11. The molecule has 1 aliphatic rings. The molecule has 0 unspecified atom stereocenters. The van der Waals surface area contributed by atoms with Crippen LogP contribution in [0.5, 0.6) is 0 Å². The van der Waals surface area contributed by atoms with Gasteiger partial charge in [0.05, 0.1) is 6.61 Å². The van der Waals surface area contributed by atoms with E-state index in [1.165, 1.54) is 6.92 Å². The van der Waals surface area contributed by atoms with Crippen LogP contribution < -0.4 is 10.6 Å². The van der Waals surface area contributed by atoms with Gasteiger partial charge in [-0.15, -0.1) is 0 Å². The van der Waals surface area contributed by atoms with Crippen molar-refractivity contribution in [1.29, 1.82) is 0 Å². The van der Waals surface area contributed by atoms with E-state index in [0.29, 0.717) is 0 Å². The molecule has 220 valence electrons. The van der Waals surface area contributed by atoms with E-state index in [0.717, 1.165) is 16.0 Å². The second-order valence-electron chi connectivity index (χ2n) is 10.6. The maximum absolute atomic E-state index is 13.3. The Hall–Kier alpha value is -4.41. The first kappa shape index (κ1) is 31.1. The lowest BCUT2D eigenvalue weighted by molar-refractivity contribution is -0.148. The average Bonchev–Trinajstić information content (AvgIpc) is 3.67. The van der Waals surface area contributed by atoms with Gasteiger partial charge in [0.25, 0.3) is 0 Å². The van der Waals surface area contributed by atoms with Gasteiger partial charge in [-0.3, -0.25) is 9.59 Å². The summed E-state index contributed by atoms with van der Waals surface area (Å²) in [6.07, 6.45) is -0.654. The fourth-order valence-corrected chi connectivity index (χ4v) is 4.14. The molecule has 11 nitrogen and oxygen atoms in total. The summed E-state index contributed by atoms with van der Waals surface area (Å²) in [6, 6.07) is 13.5. The predicted molar refractivity (Wildman–Crippen MR) is 148 cm³/mol. The molecule has 11 heteroatoms. The molecule has 2 N–H and O–H groups in total. The molecular weight excluding hydrogens is 530 g/mol. The molecule has 0 saturated carbocycles. The number of hydrogen-bond acceptors (Lipinski definition) is 8. The number of carbonyl (C=O) groups excluding carboxylic acids is 5. The van der Waals surface area contributed by atoms with Crippen LogP contribution in [-0.4, -0.2) is 71.1 Å². The minimum atomic E-state index is -1.18. The number of esters is 2. The Bertz CT molecular complexity index is 1230. The van der Waals surface area contributed by atoms with E-state index in [2.05, 4.69) is 10.6 Å². The summed E-state index contributed by atoms with van der Waals surface area (Å²) in [5.74, 6) is -2.81. The highest BCUT2D eigenvalue weighted by Crippen LogP contribution is 2.32. The molecule has 0 radical (unpaired) electrons. The molecule has 1 saturated heterocycles. The third kappa shape index (κ3) is 9.06. The molecule has 0 spiro atoms. The highest BCUT2D eigenvalue weighted by atomic mass is 16.6. The van der Waals surface area contributed by atoms with E-state index in [4.69, 9.17) is 14.2 Å². The van der Waals surface area contributed by atoms with E-state index < -0.39 is 59.6 Å². The largest absolute Gasteiger partial charge is 0.464 e. The zero-order chi connectivity index (χ0) is 30.2. The fraction of sp³-hybridized carbons (Fsp3) is 0.433. The Kier molecular flexibility index (Phi) is 10.5. The normalized spacial score (nSPS) is 17.4. The van der Waals surface area contributed by atoms with Gasteiger partial charge in [-0.2, -0.15) is 0 Å². The van der Waals surface area contributed by atoms with E-state index in [-0.39, 0.29) is 19.6 Å². The van der Waals surface area contributed by atoms with Gasteiger partial charge in [0.15, 0.2) is 12.1 Å². The second kappa shape index (κ2) is 13.8. The van der Waals surface area contributed by atoms with Crippen LogP contribution in [-0.2, 0) is 46.4 Å². The monoisotopic (exact) mass is 567 g/mol. The van der Waals surface area contributed by atoms with Gasteiger partial charge in [0.1, 0.15) is 24.3 Å². The van der Waals surface area contributed by atoms with Crippen molar-refractivity contribution in [2.75, 3.05) is 6.61 Å².